The Morgan fingerprint density at radius 1 is 1.14 bits per heavy atom. The van der Waals surface area contributed by atoms with Crippen LogP contribution >= 0.6 is 0 Å². The average molecular weight is 380 g/mol. The van der Waals surface area contributed by atoms with E-state index in [2.05, 4.69) is 35.6 Å². The molecule has 1 fully saturated rings. The molecule has 2 aromatic rings. The lowest BCUT2D eigenvalue weighted by atomic mass is 9.92. The summed E-state index contributed by atoms with van der Waals surface area (Å²) in [5.41, 5.74) is 5.70. The second-order valence-electron chi connectivity index (χ2n) is 8.07. The predicted molar refractivity (Wildman–Crippen MR) is 107 cm³/mol. The van der Waals surface area contributed by atoms with Crippen LogP contribution in [0, 0.1) is 5.82 Å². The zero-order valence-corrected chi connectivity index (χ0v) is 16.2. The van der Waals surface area contributed by atoms with Gasteiger partial charge in [-0.2, -0.15) is 5.01 Å². The van der Waals surface area contributed by atoms with Gasteiger partial charge in [-0.25, -0.2) is 4.39 Å². The molecule has 0 amide bonds. The van der Waals surface area contributed by atoms with Gasteiger partial charge in [0.15, 0.2) is 5.72 Å². The first-order valence-electron chi connectivity index (χ1n) is 10.3. The Morgan fingerprint density at radius 2 is 1.89 bits per heavy atom. The molecule has 2 aromatic carbocycles. The molecule has 5 heteroatoms. The number of rotatable bonds is 3. The quantitative estimate of drug-likeness (QED) is 0.858. The number of ether oxygens (including phenoxy) is 1. The molecule has 2 N–H and O–H groups in total. The van der Waals surface area contributed by atoms with Gasteiger partial charge in [0.2, 0.25) is 0 Å². The molecule has 0 radical (unpaired) electrons. The maximum absolute atomic E-state index is 14.5. The maximum atomic E-state index is 14.5. The van der Waals surface area contributed by atoms with Crippen LogP contribution in [0.4, 0.5) is 4.39 Å². The van der Waals surface area contributed by atoms with Crippen LogP contribution < -0.4 is 15.1 Å². The highest BCUT2D eigenvalue weighted by molar-refractivity contribution is 5.68. The molecule has 3 aliphatic rings. The normalized spacial score (nSPS) is 28.9. The van der Waals surface area contributed by atoms with Crippen molar-refractivity contribution in [2.75, 3.05) is 19.6 Å². The summed E-state index contributed by atoms with van der Waals surface area (Å²) in [7, 11) is 0. The molecule has 4 nitrogen and oxygen atoms in total. The van der Waals surface area contributed by atoms with E-state index < -0.39 is 0 Å². The van der Waals surface area contributed by atoms with Crippen LogP contribution in [0.15, 0.2) is 54.6 Å². The van der Waals surface area contributed by atoms with Crippen molar-refractivity contribution in [2.45, 2.75) is 38.0 Å². The van der Waals surface area contributed by atoms with Crippen molar-refractivity contribution in [1.29, 1.82) is 0 Å². The first kappa shape index (κ1) is 17.7. The molecule has 0 unspecified atom stereocenters. The van der Waals surface area contributed by atoms with Gasteiger partial charge < -0.3 is 15.1 Å². The van der Waals surface area contributed by atoms with E-state index >= 15 is 0 Å². The Hall–Kier alpha value is -2.37. The maximum Gasteiger partial charge on any atom is 0.191 e. The van der Waals surface area contributed by atoms with Gasteiger partial charge >= 0.3 is 0 Å². The second-order valence-corrected chi connectivity index (χ2v) is 8.07. The van der Waals surface area contributed by atoms with Crippen LogP contribution in [-0.2, 0) is 0 Å². The van der Waals surface area contributed by atoms with Gasteiger partial charge in [-0.3, -0.25) is 0 Å². The molecule has 1 atom stereocenters. The van der Waals surface area contributed by atoms with Crippen LogP contribution in [0.2, 0.25) is 0 Å². The minimum absolute atomic E-state index is 0.0484. The van der Waals surface area contributed by atoms with Crippen molar-refractivity contribution in [2.24, 2.45) is 0 Å². The number of halogens is 1. The molecule has 3 heterocycles. The van der Waals surface area contributed by atoms with Gasteiger partial charge in [0, 0.05) is 11.1 Å². The van der Waals surface area contributed by atoms with Crippen LogP contribution in [0.25, 0.3) is 5.70 Å². The summed E-state index contributed by atoms with van der Waals surface area (Å²) in [5, 5.41) is 2.24. The molecule has 0 aromatic heterocycles. The monoisotopic (exact) mass is 380 g/mol. The summed E-state index contributed by atoms with van der Waals surface area (Å²) in [5.74, 6) is 0.752. The summed E-state index contributed by atoms with van der Waals surface area (Å²) in [6.07, 6.45) is 5.26. The molecular formula is C23H27FN3O+. The molecule has 146 valence electrons. The largest absolute Gasteiger partial charge is 0.470 e. The summed E-state index contributed by atoms with van der Waals surface area (Å²) in [6, 6.07) is 15.3. The number of benzene rings is 2. The molecule has 1 saturated heterocycles. The second kappa shape index (κ2) is 6.90. The lowest BCUT2D eigenvalue weighted by Gasteiger charge is -2.50. The van der Waals surface area contributed by atoms with E-state index in [-0.39, 0.29) is 17.6 Å². The van der Waals surface area contributed by atoms with Crippen LogP contribution in [0.1, 0.15) is 43.4 Å². The van der Waals surface area contributed by atoms with Gasteiger partial charge in [0.05, 0.1) is 44.2 Å². The van der Waals surface area contributed by atoms with Gasteiger partial charge in [0.25, 0.3) is 0 Å². The number of para-hydroxylation sites is 1. The van der Waals surface area contributed by atoms with Crippen molar-refractivity contribution in [3.05, 3.63) is 71.6 Å². The van der Waals surface area contributed by atoms with E-state index in [0.717, 1.165) is 42.9 Å². The number of quaternary nitrogens is 1. The van der Waals surface area contributed by atoms with Gasteiger partial charge in [-0.15, -0.1) is 0 Å². The van der Waals surface area contributed by atoms with Crippen LogP contribution in [-0.4, -0.2) is 30.4 Å². The molecule has 0 bridgehead atoms. The van der Waals surface area contributed by atoms with Crippen molar-refractivity contribution < 1.29 is 14.0 Å². The van der Waals surface area contributed by atoms with Crippen LogP contribution in [0.5, 0.6) is 5.75 Å². The highest BCUT2D eigenvalue weighted by Crippen LogP contribution is 2.47. The minimum atomic E-state index is -0.389. The fourth-order valence-electron chi connectivity index (χ4n) is 4.90. The van der Waals surface area contributed by atoms with Crippen molar-refractivity contribution in [3.8, 4) is 5.75 Å². The average Bonchev–Trinajstić information content (AvgIpc) is 3.17. The third kappa shape index (κ3) is 2.81. The van der Waals surface area contributed by atoms with Crippen molar-refractivity contribution in [3.63, 3.8) is 0 Å². The number of likely N-dealkylation sites (tertiary alicyclic amines) is 1. The smallest absolute Gasteiger partial charge is 0.191 e. The topological polar surface area (TPSA) is 28.9 Å². The number of hydrogen-bond donors (Lipinski definition) is 2. The minimum Gasteiger partial charge on any atom is -0.470 e. The molecule has 0 aliphatic carbocycles. The van der Waals surface area contributed by atoms with Crippen LogP contribution in [0.3, 0.4) is 0 Å². The number of fused-ring (bicyclic) bond motifs is 4. The van der Waals surface area contributed by atoms with E-state index in [1.807, 2.05) is 24.3 Å². The number of piperidine rings is 1. The first-order chi connectivity index (χ1) is 13.7. The molecule has 3 aliphatic heterocycles. The highest BCUT2D eigenvalue weighted by Gasteiger charge is 2.52. The van der Waals surface area contributed by atoms with Crippen molar-refractivity contribution in [1.82, 2.24) is 10.4 Å². The third-order valence-corrected chi connectivity index (χ3v) is 6.33. The summed E-state index contributed by atoms with van der Waals surface area (Å²) >= 11 is 0. The fourth-order valence-corrected chi connectivity index (χ4v) is 4.90. The number of hydrazine groups is 1. The zero-order valence-electron chi connectivity index (χ0n) is 16.2. The summed E-state index contributed by atoms with van der Waals surface area (Å²) in [6.45, 7) is 5.64. The lowest BCUT2D eigenvalue weighted by molar-refractivity contribution is -0.908. The summed E-state index contributed by atoms with van der Waals surface area (Å²) < 4.78 is 21.1. The molecular weight excluding hydrogens is 353 g/mol. The predicted octanol–water partition coefficient (Wildman–Crippen LogP) is 2.91. The Bertz CT molecular complexity index is 904. The van der Waals surface area contributed by atoms with E-state index in [4.69, 9.17) is 4.74 Å². The number of nitrogens with zero attached hydrogens (tertiary/aromatic N) is 1. The van der Waals surface area contributed by atoms with E-state index in [1.165, 1.54) is 19.0 Å². The van der Waals surface area contributed by atoms with Gasteiger partial charge in [-0.1, -0.05) is 37.3 Å². The Kier molecular flexibility index (Phi) is 4.37. The highest BCUT2D eigenvalue weighted by atomic mass is 19.1. The third-order valence-electron chi connectivity index (χ3n) is 6.33. The standard InChI is InChI=1S/C23H26FN3O/c1-2-13-26-14-11-23(12-15-26)27-21(18-8-4-6-10-22(18)28-23)16-20(25-27)17-7-3-5-9-19(17)24/h3-10,16,21,25H,2,11-15H2,1H3/p+1/t21-/m1/s1. The van der Waals surface area contributed by atoms with E-state index in [9.17, 15) is 4.39 Å². The molecule has 28 heavy (non-hydrogen) atoms. The lowest BCUT2D eigenvalue weighted by Crippen LogP contribution is -3.14. The van der Waals surface area contributed by atoms with Gasteiger partial charge in [0.1, 0.15) is 11.6 Å². The molecule has 5 rings (SSSR count). The molecule has 0 saturated carbocycles. The number of nitrogens with one attached hydrogen (secondary N) is 2. The Morgan fingerprint density at radius 3 is 2.68 bits per heavy atom. The Labute approximate surface area is 165 Å². The summed E-state index contributed by atoms with van der Waals surface area (Å²) in [4.78, 5) is 1.65. The fraction of sp³-hybridized carbons (Fsp3) is 0.391. The van der Waals surface area contributed by atoms with E-state index in [1.54, 1.807) is 11.0 Å². The first-order valence-corrected chi connectivity index (χ1v) is 10.3. The Balaban J connectivity index is 1.52. The zero-order chi connectivity index (χ0) is 19.1. The van der Waals surface area contributed by atoms with E-state index in [0.29, 0.717) is 5.56 Å². The SMILES string of the molecule is CCC[NH+]1CCC2(CC1)Oc1ccccc1[C@H]1C=C(c3ccccc3F)NN12. The van der Waals surface area contributed by atoms with Gasteiger partial charge in [-0.05, 0) is 30.7 Å². The molecule has 1 spiro atoms. The van der Waals surface area contributed by atoms with Crippen molar-refractivity contribution >= 4 is 5.70 Å². The number of hydrogen-bond acceptors (Lipinski definition) is 3.